The van der Waals surface area contributed by atoms with Crippen molar-refractivity contribution in [1.29, 1.82) is 0 Å². The molecule has 2 aliphatic rings. The Hall–Kier alpha value is -2.14. The van der Waals surface area contributed by atoms with Gasteiger partial charge in [0.1, 0.15) is 0 Å². The summed E-state index contributed by atoms with van der Waals surface area (Å²) < 4.78 is 2.10. The molecule has 1 atom stereocenters. The van der Waals surface area contributed by atoms with E-state index in [1.54, 1.807) is 0 Å². The lowest BCUT2D eigenvalue weighted by molar-refractivity contribution is -0.123. The first-order chi connectivity index (χ1) is 11.6. The van der Waals surface area contributed by atoms with Crippen LogP contribution in [-0.2, 0) is 31.2 Å². The number of fused-ring (bicyclic) bond motifs is 2. The summed E-state index contributed by atoms with van der Waals surface area (Å²) in [5.74, 6) is 0.210. The van der Waals surface area contributed by atoms with E-state index >= 15 is 0 Å². The highest BCUT2D eigenvalue weighted by Gasteiger charge is 2.32. The van der Waals surface area contributed by atoms with E-state index in [1.165, 1.54) is 11.3 Å². The van der Waals surface area contributed by atoms with Crippen molar-refractivity contribution in [2.75, 3.05) is 18.0 Å². The fraction of sp³-hybridized carbons (Fsp3) is 0.474. The Bertz CT molecular complexity index is 766. The van der Waals surface area contributed by atoms with Crippen LogP contribution in [-0.4, -0.2) is 39.5 Å². The molecule has 0 fully saturated rings. The van der Waals surface area contributed by atoms with Gasteiger partial charge in [-0.25, -0.2) is 4.98 Å². The number of carbonyl (C=O) groups is 1. The molecule has 1 unspecified atom stereocenters. The molecule has 0 bridgehead atoms. The second-order valence-electron chi connectivity index (χ2n) is 6.87. The molecule has 1 aromatic carbocycles. The third kappa shape index (κ3) is 2.53. The zero-order valence-corrected chi connectivity index (χ0v) is 14.4. The number of carbonyl (C=O) groups excluding carboxylic acids is 1. The second-order valence-corrected chi connectivity index (χ2v) is 6.87. The summed E-state index contributed by atoms with van der Waals surface area (Å²) in [6.07, 6.45) is 4.94. The average molecular weight is 324 g/mol. The number of nitrogens with zero attached hydrogens (tertiary/aromatic N) is 4. The van der Waals surface area contributed by atoms with E-state index in [4.69, 9.17) is 0 Å². The highest BCUT2D eigenvalue weighted by molar-refractivity contribution is 5.98. The van der Waals surface area contributed by atoms with E-state index in [2.05, 4.69) is 32.7 Å². The van der Waals surface area contributed by atoms with Crippen molar-refractivity contribution in [2.45, 2.75) is 38.8 Å². The summed E-state index contributed by atoms with van der Waals surface area (Å²) in [4.78, 5) is 21.9. The van der Waals surface area contributed by atoms with E-state index in [0.717, 1.165) is 50.3 Å². The number of aromatic nitrogens is 2. The Morgan fingerprint density at radius 3 is 2.92 bits per heavy atom. The lowest BCUT2D eigenvalue weighted by atomic mass is 10.0. The largest absolute Gasteiger partial charge is 0.337 e. The number of aryl methyl sites for hydroxylation is 2. The van der Waals surface area contributed by atoms with Crippen LogP contribution in [0.2, 0.25) is 0 Å². The molecule has 4 rings (SSSR count). The van der Waals surface area contributed by atoms with Crippen molar-refractivity contribution >= 4 is 11.6 Å². The quantitative estimate of drug-likeness (QED) is 0.850. The van der Waals surface area contributed by atoms with Crippen LogP contribution in [0.1, 0.15) is 30.3 Å². The molecule has 1 aromatic heterocycles. The molecule has 3 heterocycles. The molecule has 1 amide bonds. The van der Waals surface area contributed by atoms with Crippen LogP contribution >= 0.6 is 0 Å². The Labute approximate surface area is 142 Å². The molecule has 5 nitrogen and oxygen atoms in total. The molecule has 0 saturated heterocycles. The lowest BCUT2D eigenvalue weighted by Crippen LogP contribution is -2.50. The summed E-state index contributed by atoms with van der Waals surface area (Å²) >= 11 is 0. The Kier molecular flexibility index (Phi) is 3.88. The first kappa shape index (κ1) is 15.4. The van der Waals surface area contributed by atoms with Crippen molar-refractivity contribution in [1.82, 2.24) is 14.5 Å². The molecule has 2 aromatic rings. The number of amides is 1. The Balaban J connectivity index is 1.53. The summed E-state index contributed by atoms with van der Waals surface area (Å²) in [5.41, 5.74) is 4.79. The first-order valence-corrected chi connectivity index (χ1v) is 8.77. The molecule has 0 radical (unpaired) electrons. The third-order valence-corrected chi connectivity index (χ3v) is 5.42. The van der Waals surface area contributed by atoms with Gasteiger partial charge in [0.05, 0.1) is 18.1 Å². The van der Waals surface area contributed by atoms with Crippen molar-refractivity contribution in [3.8, 4) is 0 Å². The van der Waals surface area contributed by atoms with Crippen LogP contribution < -0.4 is 4.90 Å². The summed E-state index contributed by atoms with van der Waals surface area (Å²) in [6.45, 7) is 4.53. The van der Waals surface area contributed by atoms with Gasteiger partial charge in [0.2, 0.25) is 5.91 Å². The molecular weight excluding hydrogens is 300 g/mol. The standard InChI is InChI=1S/C19H24N4O/c1-14(22-11-9-18-16(12-22)20-13-21(18)2)19(24)23-10-5-7-15-6-3-4-8-17(15)23/h3-4,6,8,13-14H,5,7,9-12H2,1-2H3. The van der Waals surface area contributed by atoms with Gasteiger partial charge in [-0.15, -0.1) is 0 Å². The zero-order chi connectivity index (χ0) is 16.7. The molecule has 0 spiro atoms. The van der Waals surface area contributed by atoms with E-state index in [0.29, 0.717) is 0 Å². The number of hydrogen-bond acceptors (Lipinski definition) is 3. The van der Waals surface area contributed by atoms with E-state index < -0.39 is 0 Å². The van der Waals surface area contributed by atoms with E-state index in [9.17, 15) is 4.79 Å². The highest BCUT2D eigenvalue weighted by atomic mass is 16.2. The molecule has 0 N–H and O–H groups in total. The monoisotopic (exact) mass is 324 g/mol. The molecule has 2 aliphatic heterocycles. The van der Waals surface area contributed by atoms with Crippen LogP contribution in [0.3, 0.4) is 0 Å². The van der Waals surface area contributed by atoms with Crippen molar-refractivity contribution in [3.63, 3.8) is 0 Å². The van der Waals surface area contributed by atoms with Gasteiger partial charge in [-0.1, -0.05) is 18.2 Å². The van der Waals surface area contributed by atoms with Crippen LogP contribution in [0, 0.1) is 0 Å². The maximum absolute atomic E-state index is 13.1. The number of benzene rings is 1. The maximum Gasteiger partial charge on any atom is 0.244 e. The molecule has 0 aliphatic carbocycles. The van der Waals surface area contributed by atoms with Gasteiger partial charge >= 0.3 is 0 Å². The van der Waals surface area contributed by atoms with E-state index in [-0.39, 0.29) is 11.9 Å². The number of rotatable bonds is 2. The topological polar surface area (TPSA) is 41.4 Å². The highest BCUT2D eigenvalue weighted by Crippen LogP contribution is 2.28. The zero-order valence-electron chi connectivity index (χ0n) is 14.4. The lowest BCUT2D eigenvalue weighted by Gasteiger charge is -2.36. The maximum atomic E-state index is 13.1. The average Bonchev–Trinajstić information content (AvgIpc) is 3.00. The van der Waals surface area contributed by atoms with E-state index in [1.807, 2.05) is 31.3 Å². The van der Waals surface area contributed by atoms with Crippen molar-refractivity contribution < 1.29 is 4.79 Å². The first-order valence-electron chi connectivity index (χ1n) is 8.77. The van der Waals surface area contributed by atoms with Gasteiger partial charge in [0.25, 0.3) is 0 Å². The van der Waals surface area contributed by atoms with Gasteiger partial charge in [0.15, 0.2) is 0 Å². The van der Waals surface area contributed by atoms with Gasteiger partial charge < -0.3 is 9.47 Å². The minimum Gasteiger partial charge on any atom is -0.337 e. The van der Waals surface area contributed by atoms with Crippen LogP contribution in [0.15, 0.2) is 30.6 Å². The number of hydrogen-bond donors (Lipinski definition) is 0. The number of imidazole rings is 1. The Morgan fingerprint density at radius 2 is 2.04 bits per heavy atom. The molecule has 24 heavy (non-hydrogen) atoms. The fourth-order valence-electron chi connectivity index (χ4n) is 3.95. The summed E-state index contributed by atoms with van der Waals surface area (Å²) in [5, 5.41) is 0. The van der Waals surface area contributed by atoms with Gasteiger partial charge in [-0.2, -0.15) is 0 Å². The minimum absolute atomic E-state index is 0.119. The Morgan fingerprint density at radius 1 is 1.21 bits per heavy atom. The molecular formula is C19H24N4O. The fourth-order valence-corrected chi connectivity index (χ4v) is 3.95. The summed E-state index contributed by atoms with van der Waals surface area (Å²) in [7, 11) is 2.04. The normalized spacial score (nSPS) is 18.8. The van der Waals surface area contributed by atoms with Crippen LogP contribution in [0.5, 0.6) is 0 Å². The second kappa shape index (κ2) is 6.06. The third-order valence-electron chi connectivity index (χ3n) is 5.42. The van der Waals surface area contributed by atoms with Crippen LogP contribution in [0.4, 0.5) is 5.69 Å². The smallest absolute Gasteiger partial charge is 0.244 e. The van der Waals surface area contributed by atoms with Gasteiger partial charge in [0, 0.05) is 44.5 Å². The number of anilines is 1. The number of para-hydroxylation sites is 1. The van der Waals surface area contributed by atoms with Crippen molar-refractivity contribution in [3.05, 3.63) is 47.5 Å². The SMILES string of the molecule is CC(C(=O)N1CCCc2ccccc21)N1CCc2c(ncn2C)C1. The van der Waals surface area contributed by atoms with Gasteiger partial charge in [-0.05, 0) is 31.4 Å². The van der Waals surface area contributed by atoms with Gasteiger partial charge in [-0.3, -0.25) is 9.69 Å². The molecule has 126 valence electrons. The minimum atomic E-state index is -0.119. The predicted octanol–water partition coefficient (Wildman–Crippen LogP) is 2.15. The predicted molar refractivity (Wildman–Crippen MR) is 93.9 cm³/mol. The molecule has 0 saturated carbocycles. The summed E-state index contributed by atoms with van der Waals surface area (Å²) in [6, 6.07) is 8.18. The molecule has 5 heteroatoms. The van der Waals surface area contributed by atoms with Crippen LogP contribution in [0.25, 0.3) is 0 Å². The van der Waals surface area contributed by atoms with Crippen molar-refractivity contribution in [2.24, 2.45) is 7.05 Å².